The van der Waals surface area contributed by atoms with E-state index < -0.39 is 21.9 Å². The lowest BCUT2D eigenvalue weighted by Crippen LogP contribution is -2.35. The second-order valence-corrected chi connectivity index (χ2v) is 5.70. The molecule has 2 N–H and O–H groups in total. The van der Waals surface area contributed by atoms with Gasteiger partial charge in [0.05, 0.1) is 5.56 Å². The minimum Gasteiger partial charge on any atom is -0.598 e. The molecule has 90 valence electrons. The molecule has 0 aliphatic rings. The largest absolute Gasteiger partial charge is 0.598 e. The summed E-state index contributed by atoms with van der Waals surface area (Å²) in [6.45, 7) is 3.37. The normalized spacial score (nSPS) is 13.6. The van der Waals surface area contributed by atoms with Gasteiger partial charge in [0, 0.05) is 16.9 Å². The first-order chi connectivity index (χ1) is 7.88. The van der Waals surface area contributed by atoms with Gasteiger partial charge in [0.2, 0.25) is 0 Å². The number of rotatable bonds is 3. The third-order valence-corrected chi connectivity index (χ3v) is 3.50. The van der Waals surface area contributed by atoms with Crippen LogP contribution in [0.4, 0.5) is 4.39 Å². The number of halogens is 1. The molecule has 1 unspecified atom stereocenters. The van der Waals surface area contributed by atoms with E-state index in [2.05, 4.69) is 0 Å². The van der Waals surface area contributed by atoms with Crippen molar-refractivity contribution < 1.29 is 8.94 Å². The fourth-order valence-corrected chi connectivity index (χ4v) is 1.32. The van der Waals surface area contributed by atoms with E-state index in [4.69, 9.17) is 10.4 Å². The zero-order chi connectivity index (χ0) is 13.1. The first-order valence-electron chi connectivity index (χ1n) is 4.92. The number of nitriles is 1. The summed E-state index contributed by atoms with van der Waals surface area (Å²) in [7, 11) is 0. The van der Waals surface area contributed by atoms with Crippen LogP contribution in [0, 0.1) is 17.1 Å². The molecule has 0 amide bonds. The highest BCUT2D eigenvalue weighted by Gasteiger charge is 2.26. The van der Waals surface area contributed by atoms with Crippen molar-refractivity contribution in [1.82, 2.24) is 0 Å². The molecule has 0 aromatic heterocycles. The topological polar surface area (TPSA) is 72.9 Å². The molecule has 1 rings (SSSR count). The van der Waals surface area contributed by atoms with E-state index in [9.17, 15) is 8.94 Å². The molecule has 1 atom stereocenters. The van der Waals surface area contributed by atoms with Crippen molar-refractivity contribution in [3.63, 3.8) is 0 Å². The van der Waals surface area contributed by atoms with E-state index in [1.54, 1.807) is 38.1 Å². The first kappa shape index (κ1) is 13.7. The van der Waals surface area contributed by atoms with E-state index >= 15 is 0 Å². The van der Waals surface area contributed by atoms with Gasteiger partial charge < -0.3 is 4.55 Å². The van der Waals surface area contributed by atoms with Gasteiger partial charge in [0.25, 0.3) is 0 Å². The van der Waals surface area contributed by atoms with Crippen molar-refractivity contribution in [1.29, 1.82) is 5.26 Å². The van der Waals surface area contributed by atoms with Crippen molar-refractivity contribution >= 4 is 17.4 Å². The third-order valence-electron chi connectivity index (χ3n) is 2.33. The molecule has 1 aromatic carbocycles. The molecular formula is C12H13FN2OS. The van der Waals surface area contributed by atoms with Gasteiger partial charge in [-0.3, -0.25) is 0 Å². The van der Waals surface area contributed by atoms with Crippen molar-refractivity contribution in [3.8, 4) is 6.07 Å². The third kappa shape index (κ3) is 3.30. The van der Waals surface area contributed by atoms with Crippen LogP contribution in [-0.2, 0) is 11.4 Å². The molecule has 0 radical (unpaired) electrons. The van der Waals surface area contributed by atoms with Crippen molar-refractivity contribution in [2.24, 2.45) is 5.14 Å². The van der Waals surface area contributed by atoms with Gasteiger partial charge in [-0.1, -0.05) is 18.2 Å². The van der Waals surface area contributed by atoms with Gasteiger partial charge in [0.15, 0.2) is 4.75 Å². The highest BCUT2D eigenvalue weighted by molar-refractivity contribution is 7.90. The standard InChI is InChI=1S/C12H13FN2OS/c1-12(2,17(15)16)7-6-9-4-3-5-10(8-14)11(9)13/h3-7H,15H2,1-2H3. The van der Waals surface area contributed by atoms with Gasteiger partial charge in [-0.2, -0.15) is 10.4 Å². The molecule has 0 aliphatic heterocycles. The fraction of sp³-hybridized carbons (Fsp3) is 0.250. The number of nitrogens with two attached hydrogens (primary N) is 1. The van der Waals surface area contributed by atoms with Gasteiger partial charge in [-0.15, -0.1) is 0 Å². The highest BCUT2D eigenvalue weighted by Crippen LogP contribution is 2.19. The Kier molecular flexibility index (Phi) is 4.29. The summed E-state index contributed by atoms with van der Waals surface area (Å²) in [5.41, 5.74) is 0.265. The Morgan fingerprint density at radius 3 is 2.71 bits per heavy atom. The molecule has 0 saturated heterocycles. The summed E-state index contributed by atoms with van der Waals surface area (Å²) in [6.07, 6.45) is 3.06. The lowest BCUT2D eigenvalue weighted by molar-refractivity contribution is 0.573. The van der Waals surface area contributed by atoms with E-state index in [-0.39, 0.29) is 11.1 Å². The van der Waals surface area contributed by atoms with Crippen LogP contribution in [0.25, 0.3) is 6.08 Å². The molecule has 0 saturated carbocycles. The summed E-state index contributed by atoms with van der Waals surface area (Å²) in [4.78, 5) is 0. The summed E-state index contributed by atoms with van der Waals surface area (Å²) < 4.78 is 24.1. The number of benzene rings is 1. The first-order valence-corrected chi connectivity index (χ1v) is 6.14. The van der Waals surface area contributed by atoms with Gasteiger partial charge in [0.1, 0.15) is 11.9 Å². The lowest BCUT2D eigenvalue weighted by Gasteiger charge is -2.20. The lowest BCUT2D eigenvalue weighted by atomic mass is 10.1. The van der Waals surface area contributed by atoms with Crippen LogP contribution in [0.5, 0.6) is 0 Å². The van der Waals surface area contributed by atoms with Gasteiger partial charge in [-0.25, -0.2) is 4.39 Å². The van der Waals surface area contributed by atoms with E-state index in [1.165, 1.54) is 12.1 Å². The number of hydrogen-bond acceptors (Lipinski definition) is 3. The Labute approximate surface area is 103 Å². The summed E-state index contributed by atoms with van der Waals surface area (Å²) in [6, 6.07) is 6.30. The Balaban J connectivity index is 3.05. The zero-order valence-corrected chi connectivity index (χ0v) is 10.4. The highest BCUT2D eigenvalue weighted by atomic mass is 32.2. The zero-order valence-electron chi connectivity index (χ0n) is 9.61. The van der Waals surface area contributed by atoms with Crippen LogP contribution in [-0.4, -0.2) is 9.30 Å². The average molecular weight is 252 g/mol. The van der Waals surface area contributed by atoms with Crippen molar-refractivity contribution in [3.05, 3.63) is 41.2 Å². The summed E-state index contributed by atoms with van der Waals surface area (Å²) in [5, 5.41) is 14.0. The van der Waals surface area contributed by atoms with Crippen LogP contribution in [0.1, 0.15) is 25.0 Å². The van der Waals surface area contributed by atoms with Gasteiger partial charge >= 0.3 is 0 Å². The fourth-order valence-electron chi connectivity index (χ4n) is 1.12. The van der Waals surface area contributed by atoms with Crippen LogP contribution < -0.4 is 5.14 Å². The molecule has 0 bridgehead atoms. The summed E-state index contributed by atoms with van der Waals surface area (Å²) >= 11 is -1.54. The van der Waals surface area contributed by atoms with Crippen molar-refractivity contribution in [2.45, 2.75) is 18.6 Å². The van der Waals surface area contributed by atoms with Crippen LogP contribution >= 0.6 is 0 Å². The van der Waals surface area contributed by atoms with Crippen molar-refractivity contribution in [2.75, 3.05) is 0 Å². The van der Waals surface area contributed by atoms with E-state index in [0.717, 1.165) is 0 Å². The minimum absolute atomic E-state index is 0.0150. The van der Waals surface area contributed by atoms with Crippen LogP contribution in [0.2, 0.25) is 0 Å². The van der Waals surface area contributed by atoms with Crippen LogP contribution in [0.3, 0.4) is 0 Å². The molecule has 5 heteroatoms. The average Bonchev–Trinajstić information content (AvgIpc) is 2.27. The number of hydrogen-bond donors (Lipinski definition) is 1. The molecule has 17 heavy (non-hydrogen) atoms. The second kappa shape index (κ2) is 5.32. The molecule has 0 aliphatic carbocycles. The maximum atomic E-state index is 13.7. The summed E-state index contributed by atoms with van der Waals surface area (Å²) in [5.74, 6) is -0.579. The maximum absolute atomic E-state index is 13.7. The maximum Gasteiger partial charge on any atom is 0.157 e. The number of nitrogens with zero attached hydrogens (tertiary/aromatic N) is 1. The van der Waals surface area contributed by atoms with E-state index in [1.807, 2.05) is 0 Å². The quantitative estimate of drug-likeness (QED) is 0.837. The van der Waals surface area contributed by atoms with Gasteiger partial charge in [-0.05, 0) is 26.0 Å². The predicted molar refractivity (Wildman–Crippen MR) is 66.6 cm³/mol. The molecule has 0 fully saturated rings. The molecule has 1 aromatic rings. The molecule has 0 spiro atoms. The Morgan fingerprint density at radius 2 is 2.18 bits per heavy atom. The second-order valence-electron chi connectivity index (χ2n) is 4.05. The Morgan fingerprint density at radius 1 is 1.53 bits per heavy atom. The SMILES string of the molecule is CC(C)(C=Cc1cccc(C#N)c1F)[S+](N)[O-]. The smallest absolute Gasteiger partial charge is 0.157 e. The molecule has 3 nitrogen and oxygen atoms in total. The van der Waals surface area contributed by atoms with E-state index in [0.29, 0.717) is 0 Å². The monoisotopic (exact) mass is 252 g/mol. The molecule has 0 heterocycles. The molecular weight excluding hydrogens is 239 g/mol. The minimum atomic E-state index is -1.54. The Hall–Kier alpha value is -1.35. The van der Waals surface area contributed by atoms with Crippen LogP contribution in [0.15, 0.2) is 24.3 Å². The predicted octanol–water partition coefficient (Wildman–Crippen LogP) is 2.11. The Bertz CT molecular complexity index is 478.